The molecule has 0 radical (unpaired) electrons. The molecule has 0 spiro atoms. The molecule has 3 heterocycles. The second-order valence-electron chi connectivity index (χ2n) is 5.40. The number of aryl methyl sites for hydroxylation is 1. The second-order valence-corrected chi connectivity index (χ2v) is 8.22. The fraction of sp³-hybridized carbons (Fsp3) is 0.583. The molecule has 1 aliphatic heterocycles. The number of rotatable bonds is 9. The van der Waals surface area contributed by atoms with Gasteiger partial charge in [0.1, 0.15) is 8.01 Å². The molecule has 1 saturated heterocycles. The zero-order chi connectivity index (χ0) is 18.5. The van der Waals surface area contributed by atoms with Gasteiger partial charge in [0.05, 0.1) is 20.3 Å². The molecule has 144 valence electrons. The van der Waals surface area contributed by atoms with Crippen molar-refractivity contribution in [3.63, 3.8) is 0 Å². The number of hydrogen-bond acceptors (Lipinski definition) is 10. The molecule has 2 aromatic rings. The predicted molar refractivity (Wildman–Crippen MR) is 97.3 cm³/mol. The van der Waals surface area contributed by atoms with E-state index in [1.54, 1.807) is 15.9 Å². The fourth-order valence-corrected chi connectivity index (χ4v) is 4.83. The lowest BCUT2D eigenvalue weighted by atomic mass is 10.2. The first-order chi connectivity index (χ1) is 12.6. The number of ether oxygens (including phenoxy) is 1. The largest absolute Gasteiger partial charge is 0.490 e. The minimum absolute atomic E-state index is 0.0246. The van der Waals surface area contributed by atoms with Gasteiger partial charge in [-0.1, -0.05) is 0 Å². The van der Waals surface area contributed by atoms with Gasteiger partial charge in [-0.15, -0.1) is 11.4 Å². The Labute approximate surface area is 156 Å². The molecule has 3 rings (SSSR count). The highest BCUT2D eigenvalue weighted by molar-refractivity contribution is 8.48. The van der Waals surface area contributed by atoms with E-state index in [4.69, 9.17) is 19.8 Å². The third-order valence-corrected chi connectivity index (χ3v) is 6.13. The molecule has 1 fully saturated rings. The van der Waals surface area contributed by atoms with Gasteiger partial charge in [-0.05, 0) is 6.42 Å². The average molecular weight is 424 g/mol. The highest BCUT2D eigenvalue weighted by Gasteiger charge is 2.33. The molecule has 3 N–H and O–H groups in total. The minimum Gasteiger partial charge on any atom is -0.490 e. The van der Waals surface area contributed by atoms with E-state index in [9.17, 15) is 5.11 Å². The molecule has 0 aromatic carbocycles. The van der Waals surface area contributed by atoms with E-state index in [1.807, 2.05) is 17.9 Å². The zero-order valence-electron chi connectivity index (χ0n) is 14.1. The Morgan fingerprint density at radius 2 is 2.27 bits per heavy atom. The molecule has 0 bridgehead atoms. The Kier molecular flexibility index (Phi) is 7.19. The summed E-state index contributed by atoms with van der Waals surface area (Å²) in [7, 11) is 3.02. The van der Waals surface area contributed by atoms with Crippen molar-refractivity contribution < 1.29 is 33.3 Å². The number of nitrogens with two attached hydrogens (primary N) is 1. The van der Waals surface area contributed by atoms with Crippen LogP contribution in [0.25, 0.3) is 11.2 Å². The van der Waals surface area contributed by atoms with Crippen LogP contribution in [0, 0.1) is 0 Å². The summed E-state index contributed by atoms with van der Waals surface area (Å²) in [5.74, 6) is 0.659. The molecule has 0 amide bonds. The molecule has 4 unspecified atom stereocenters. The quantitative estimate of drug-likeness (QED) is 0.201. The third-order valence-electron chi connectivity index (χ3n) is 3.71. The third kappa shape index (κ3) is 4.71. The maximum atomic E-state index is 10.0. The van der Waals surface area contributed by atoms with E-state index < -0.39 is 0 Å². The smallest absolute Gasteiger partial charge is 0.279 e. The van der Waals surface area contributed by atoms with E-state index in [-0.39, 0.29) is 41.2 Å². The highest BCUT2D eigenvalue weighted by Crippen LogP contribution is 2.38. The minimum atomic E-state index is -0.312. The van der Waals surface area contributed by atoms with E-state index in [0.717, 1.165) is 18.6 Å². The fourth-order valence-electron chi connectivity index (χ4n) is 2.70. The van der Waals surface area contributed by atoms with Gasteiger partial charge in [0.15, 0.2) is 0 Å². The van der Waals surface area contributed by atoms with Crippen LogP contribution in [0.5, 0.6) is 5.88 Å². The first-order valence-corrected chi connectivity index (χ1v) is 11.1. The van der Waals surface area contributed by atoms with Crippen LogP contribution in [0.1, 0.15) is 19.1 Å². The predicted octanol–water partition coefficient (Wildman–Crippen LogP) is 1.50. The van der Waals surface area contributed by atoms with Gasteiger partial charge in [-0.2, -0.15) is 23.9 Å². The van der Waals surface area contributed by atoms with E-state index >= 15 is 0 Å². The van der Waals surface area contributed by atoms with Crippen molar-refractivity contribution in [2.75, 3.05) is 18.6 Å². The topological polar surface area (TPSA) is 127 Å². The number of nitrogen functional groups attached to an aromatic ring is 1. The van der Waals surface area contributed by atoms with Crippen molar-refractivity contribution in [2.45, 2.75) is 25.2 Å². The van der Waals surface area contributed by atoms with Gasteiger partial charge in [0.2, 0.25) is 27.5 Å². The van der Waals surface area contributed by atoms with Crippen molar-refractivity contribution in [2.24, 2.45) is 7.05 Å². The van der Waals surface area contributed by atoms with Crippen molar-refractivity contribution in [3.8, 4) is 5.88 Å². The van der Waals surface area contributed by atoms with Crippen LogP contribution in [0.2, 0.25) is 0 Å². The normalized spacial score (nSPS) is 21.2. The lowest BCUT2D eigenvalue weighted by molar-refractivity contribution is -0.646. The highest BCUT2D eigenvalue weighted by atomic mass is 32.7. The first-order valence-electron chi connectivity index (χ1n) is 7.62. The summed E-state index contributed by atoms with van der Waals surface area (Å²) in [6, 6.07) is 0. The van der Waals surface area contributed by atoms with Gasteiger partial charge in [0.25, 0.3) is 17.0 Å². The van der Waals surface area contributed by atoms with Crippen LogP contribution in [-0.2, 0) is 30.7 Å². The monoisotopic (exact) mass is 424 g/mol. The Morgan fingerprint density at radius 3 is 3.08 bits per heavy atom. The van der Waals surface area contributed by atoms with Crippen molar-refractivity contribution >= 4 is 45.5 Å². The summed E-state index contributed by atoms with van der Waals surface area (Å²) >= 11 is 1.58. The van der Waals surface area contributed by atoms with E-state index in [0.29, 0.717) is 11.2 Å². The Morgan fingerprint density at radius 1 is 1.42 bits per heavy atom. The molecule has 0 aliphatic carbocycles. The van der Waals surface area contributed by atoms with Gasteiger partial charge in [-0.25, -0.2) is 14.1 Å². The van der Waals surface area contributed by atoms with Crippen molar-refractivity contribution in [1.29, 1.82) is 0 Å². The Balaban J connectivity index is 1.54. The number of imidazole rings is 1. The Bertz CT molecular complexity index is 752. The van der Waals surface area contributed by atoms with Crippen LogP contribution >= 0.6 is 28.4 Å². The van der Waals surface area contributed by atoms with Crippen LogP contribution < -0.4 is 10.3 Å². The molecule has 26 heavy (non-hydrogen) atoms. The summed E-state index contributed by atoms with van der Waals surface area (Å²) in [6.07, 6.45) is 3.49. The molecule has 0 saturated carbocycles. The molecular weight excluding hydrogens is 404 g/mol. The maximum Gasteiger partial charge on any atom is 0.279 e. The summed E-state index contributed by atoms with van der Waals surface area (Å²) in [5.41, 5.74) is 6.73. The Hall–Kier alpha value is -0.840. The van der Waals surface area contributed by atoms with Gasteiger partial charge < -0.3 is 15.6 Å². The summed E-state index contributed by atoms with van der Waals surface area (Å²) in [4.78, 5) is 12.4. The number of hydrogen-bond donors (Lipinski definition) is 2. The summed E-state index contributed by atoms with van der Waals surface area (Å²) < 4.78 is 24.0. The molecule has 2 aromatic heterocycles. The zero-order valence-corrected chi connectivity index (χ0v) is 16.9. The van der Waals surface area contributed by atoms with Gasteiger partial charge in [-0.3, -0.25) is 0 Å². The van der Waals surface area contributed by atoms with Crippen molar-refractivity contribution in [1.82, 2.24) is 14.5 Å². The molecule has 14 heteroatoms. The van der Waals surface area contributed by atoms with Crippen LogP contribution in [-0.4, -0.2) is 38.6 Å². The number of nitrogens with zero attached hydrogens (tertiary/aromatic N) is 4. The van der Waals surface area contributed by atoms with Crippen LogP contribution in [0.15, 0.2) is 6.33 Å². The number of fused-ring (bicyclic) bond motifs is 1. The SMILES string of the molecule is COOPOOPSCC1CCC(n2c[n+](C)c3c(O)nc(N)nc32)O1. The molecule has 11 nitrogen and oxygen atoms in total. The lowest BCUT2D eigenvalue weighted by Crippen LogP contribution is -2.26. The van der Waals surface area contributed by atoms with Gasteiger partial charge in [0, 0.05) is 12.2 Å². The first kappa shape index (κ1) is 19.9. The molecular formula is C12H20N5O6P2S+. The summed E-state index contributed by atoms with van der Waals surface area (Å²) in [5, 5.41) is 10.0. The van der Waals surface area contributed by atoms with E-state index in [2.05, 4.69) is 19.5 Å². The lowest BCUT2D eigenvalue weighted by Gasteiger charge is -2.11. The molecule has 1 aliphatic rings. The van der Waals surface area contributed by atoms with Crippen LogP contribution in [0.3, 0.4) is 0 Å². The number of anilines is 1. The van der Waals surface area contributed by atoms with Crippen LogP contribution in [0.4, 0.5) is 5.95 Å². The molecule has 4 atom stereocenters. The number of aromatic hydroxyl groups is 1. The summed E-state index contributed by atoms with van der Waals surface area (Å²) in [6.45, 7) is 0. The average Bonchev–Trinajstić information content (AvgIpc) is 3.18. The maximum absolute atomic E-state index is 10.0. The standard InChI is InChI=1S/C12H19N5O6P2S/c1-16-6-17(10-9(16)11(18)15-12(13)14-10)8-4-3-7(20-8)5-26-25-23-22-24-21-19-2/h6-8,24-25H,3-5H2,1-2H3,(H2-,13,14,15,18)/p+1. The van der Waals surface area contributed by atoms with Gasteiger partial charge >= 0.3 is 0 Å². The van der Waals surface area contributed by atoms with E-state index in [1.165, 1.54) is 7.11 Å². The number of aromatic nitrogens is 4. The second kappa shape index (κ2) is 9.38. The van der Waals surface area contributed by atoms with Crippen molar-refractivity contribution in [3.05, 3.63) is 6.33 Å².